The van der Waals surface area contributed by atoms with Crippen LogP contribution in [0.3, 0.4) is 0 Å². The summed E-state index contributed by atoms with van der Waals surface area (Å²) < 4.78 is 0. The Morgan fingerprint density at radius 2 is 1.75 bits per heavy atom. The number of primary amides is 1. The average Bonchev–Trinajstić information content (AvgIpc) is 2.36. The lowest BCUT2D eigenvalue weighted by Crippen LogP contribution is -2.49. The number of nitrogens with two attached hydrogens (primary N) is 1. The SMILES string of the molecule is CC(C)(NC(=O)C=Cc1ccc(C(N)=O)cc1)C(=O)O. The van der Waals surface area contributed by atoms with Crippen LogP contribution in [0.2, 0.25) is 0 Å². The zero-order valence-corrected chi connectivity index (χ0v) is 11.2. The monoisotopic (exact) mass is 276 g/mol. The van der Waals surface area contributed by atoms with Crippen LogP contribution in [0.15, 0.2) is 30.3 Å². The number of nitrogens with one attached hydrogen (secondary N) is 1. The summed E-state index contributed by atoms with van der Waals surface area (Å²) in [5.74, 6) is -2.16. The molecule has 0 atom stereocenters. The Bertz CT molecular complexity index is 559. The van der Waals surface area contributed by atoms with Crippen LogP contribution >= 0.6 is 0 Å². The summed E-state index contributed by atoms with van der Waals surface area (Å²) in [5, 5.41) is 11.2. The van der Waals surface area contributed by atoms with E-state index < -0.39 is 23.3 Å². The summed E-state index contributed by atoms with van der Waals surface area (Å²) in [6, 6.07) is 6.35. The van der Waals surface area contributed by atoms with Crippen molar-refractivity contribution in [2.75, 3.05) is 0 Å². The number of amides is 2. The van der Waals surface area contributed by atoms with E-state index in [-0.39, 0.29) is 0 Å². The molecule has 0 aliphatic heterocycles. The van der Waals surface area contributed by atoms with Crippen molar-refractivity contribution in [3.8, 4) is 0 Å². The van der Waals surface area contributed by atoms with Gasteiger partial charge in [-0.1, -0.05) is 12.1 Å². The molecule has 6 nitrogen and oxygen atoms in total. The molecular formula is C14H16N2O4. The van der Waals surface area contributed by atoms with Crippen LogP contribution in [0.1, 0.15) is 29.8 Å². The summed E-state index contributed by atoms with van der Waals surface area (Å²) in [6.45, 7) is 2.78. The van der Waals surface area contributed by atoms with Crippen molar-refractivity contribution in [2.24, 2.45) is 5.73 Å². The Morgan fingerprint density at radius 3 is 2.20 bits per heavy atom. The molecule has 1 aromatic carbocycles. The Labute approximate surface area is 116 Å². The fourth-order valence-corrected chi connectivity index (χ4v) is 1.33. The van der Waals surface area contributed by atoms with Crippen molar-refractivity contribution in [3.63, 3.8) is 0 Å². The number of aliphatic carboxylic acids is 1. The smallest absolute Gasteiger partial charge is 0.328 e. The maximum absolute atomic E-state index is 11.6. The van der Waals surface area contributed by atoms with Gasteiger partial charge in [0.05, 0.1) is 0 Å². The highest BCUT2D eigenvalue weighted by Gasteiger charge is 2.27. The zero-order valence-electron chi connectivity index (χ0n) is 11.2. The van der Waals surface area contributed by atoms with E-state index in [0.717, 1.165) is 0 Å². The first kappa shape index (κ1) is 15.4. The van der Waals surface area contributed by atoms with Crippen molar-refractivity contribution in [1.29, 1.82) is 0 Å². The third-order valence-corrected chi connectivity index (χ3v) is 2.59. The second kappa shape index (κ2) is 6.01. The fourth-order valence-electron chi connectivity index (χ4n) is 1.33. The van der Waals surface area contributed by atoms with Crippen molar-refractivity contribution < 1.29 is 19.5 Å². The summed E-state index contributed by atoms with van der Waals surface area (Å²) in [4.78, 5) is 33.3. The molecule has 0 heterocycles. The Hall–Kier alpha value is -2.63. The highest BCUT2D eigenvalue weighted by Crippen LogP contribution is 2.06. The molecule has 4 N–H and O–H groups in total. The van der Waals surface area contributed by atoms with Crippen LogP contribution in [0, 0.1) is 0 Å². The standard InChI is InChI=1S/C14H16N2O4/c1-14(2,13(19)20)16-11(17)8-5-9-3-6-10(7-4-9)12(15)18/h3-8H,1-2H3,(H2,15,18)(H,16,17)(H,19,20). The van der Waals surface area contributed by atoms with Gasteiger partial charge in [0, 0.05) is 11.6 Å². The van der Waals surface area contributed by atoms with Gasteiger partial charge < -0.3 is 16.2 Å². The van der Waals surface area contributed by atoms with Crippen LogP contribution in [0.5, 0.6) is 0 Å². The third-order valence-electron chi connectivity index (χ3n) is 2.59. The highest BCUT2D eigenvalue weighted by atomic mass is 16.4. The topological polar surface area (TPSA) is 109 Å². The summed E-state index contributed by atoms with van der Waals surface area (Å²) in [5.41, 5.74) is 4.84. The van der Waals surface area contributed by atoms with Gasteiger partial charge in [0.25, 0.3) is 0 Å². The largest absolute Gasteiger partial charge is 0.480 e. The lowest BCUT2D eigenvalue weighted by atomic mass is 10.1. The molecule has 106 valence electrons. The molecule has 0 saturated carbocycles. The van der Waals surface area contributed by atoms with E-state index in [0.29, 0.717) is 11.1 Å². The molecule has 0 aliphatic rings. The highest BCUT2D eigenvalue weighted by molar-refractivity contribution is 5.96. The van der Waals surface area contributed by atoms with Gasteiger partial charge in [0.15, 0.2) is 0 Å². The van der Waals surface area contributed by atoms with Crippen LogP contribution in [0.4, 0.5) is 0 Å². The van der Waals surface area contributed by atoms with Crippen LogP contribution in [-0.4, -0.2) is 28.4 Å². The lowest BCUT2D eigenvalue weighted by molar-refractivity contribution is -0.145. The van der Waals surface area contributed by atoms with Gasteiger partial charge in [-0.05, 0) is 37.6 Å². The number of rotatable bonds is 5. The van der Waals surface area contributed by atoms with Gasteiger partial charge in [0.2, 0.25) is 11.8 Å². The van der Waals surface area contributed by atoms with E-state index in [1.807, 2.05) is 0 Å². The average molecular weight is 276 g/mol. The van der Waals surface area contributed by atoms with Crippen molar-refractivity contribution in [2.45, 2.75) is 19.4 Å². The second-order valence-electron chi connectivity index (χ2n) is 4.74. The van der Waals surface area contributed by atoms with E-state index in [2.05, 4.69) is 5.32 Å². The molecular weight excluding hydrogens is 260 g/mol. The van der Waals surface area contributed by atoms with E-state index >= 15 is 0 Å². The Balaban J connectivity index is 2.70. The molecule has 1 rings (SSSR count). The van der Waals surface area contributed by atoms with Gasteiger partial charge in [0.1, 0.15) is 5.54 Å². The van der Waals surface area contributed by atoms with Gasteiger partial charge in [-0.2, -0.15) is 0 Å². The summed E-state index contributed by atoms with van der Waals surface area (Å²) >= 11 is 0. The Morgan fingerprint density at radius 1 is 1.20 bits per heavy atom. The fraction of sp³-hybridized carbons (Fsp3) is 0.214. The lowest BCUT2D eigenvalue weighted by Gasteiger charge is -2.19. The summed E-state index contributed by atoms with van der Waals surface area (Å²) in [6.07, 6.45) is 2.74. The minimum Gasteiger partial charge on any atom is -0.480 e. The molecule has 6 heteroatoms. The number of hydrogen-bond acceptors (Lipinski definition) is 3. The first-order chi connectivity index (χ1) is 9.22. The second-order valence-corrected chi connectivity index (χ2v) is 4.74. The van der Waals surface area contributed by atoms with E-state index in [4.69, 9.17) is 10.8 Å². The van der Waals surface area contributed by atoms with Crippen molar-refractivity contribution >= 4 is 23.9 Å². The molecule has 0 radical (unpaired) electrons. The molecule has 0 spiro atoms. The predicted molar refractivity (Wildman–Crippen MR) is 73.9 cm³/mol. The minimum absolute atomic E-state index is 0.374. The number of carboxylic acids is 1. The van der Waals surface area contributed by atoms with E-state index in [9.17, 15) is 14.4 Å². The number of carbonyl (C=O) groups is 3. The molecule has 2 amide bonds. The Kier molecular flexibility index (Phi) is 4.63. The van der Waals surface area contributed by atoms with Crippen LogP contribution < -0.4 is 11.1 Å². The van der Waals surface area contributed by atoms with Crippen molar-refractivity contribution in [3.05, 3.63) is 41.5 Å². The van der Waals surface area contributed by atoms with Gasteiger partial charge in [-0.15, -0.1) is 0 Å². The minimum atomic E-state index is -1.34. The molecule has 20 heavy (non-hydrogen) atoms. The normalized spacial score (nSPS) is 11.3. The number of carboxylic acid groups (broad SMARTS) is 1. The molecule has 0 bridgehead atoms. The third kappa shape index (κ3) is 4.24. The first-order valence-corrected chi connectivity index (χ1v) is 5.86. The summed E-state index contributed by atoms with van der Waals surface area (Å²) in [7, 11) is 0. The van der Waals surface area contributed by atoms with Crippen molar-refractivity contribution in [1.82, 2.24) is 5.32 Å². The molecule has 0 fully saturated rings. The van der Waals surface area contributed by atoms with Gasteiger partial charge in [-0.3, -0.25) is 9.59 Å². The van der Waals surface area contributed by atoms with Gasteiger partial charge in [-0.25, -0.2) is 4.79 Å². The molecule has 0 aromatic heterocycles. The van der Waals surface area contributed by atoms with E-state index in [1.54, 1.807) is 24.3 Å². The molecule has 0 aliphatic carbocycles. The number of benzene rings is 1. The van der Waals surface area contributed by atoms with E-state index in [1.165, 1.54) is 26.0 Å². The maximum atomic E-state index is 11.6. The first-order valence-electron chi connectivity index (χ1n) is 5.86. The van der Waals surface area contributed by atoms with Gasteiger partial charge >= 0.3 is 5.97 Å². The quantitative estimate of drug-likeness (QED) is 0.690. The van der Waals surface area contributed by atoms with Crippen LogP contribution in [-0.2, 0) is 9.59 Å². The predicted octanol–water partition coefficient (Wildman–Crippen LogP) is 0.778. The molecule has 0 saturated heterocycles. The molecule has 0 unspecified atom stereocenters. The molecule has 1 aromatic rings. The van der Waals surface area contributed by atoms with Crippen LogP contribution in [0.25, 0.3) is 6.08 Å². The zero-order chi connectivity index (χ0) is 15.3. The number of carbonyl (C=O) groups excluding carboxylic acids is 2. The number of hydrogen-bond donors (Lipinski definition) is 3. The maximum Gasteiger partial charge on any atom is 0.328 e.